The monoisotopic (exact) mass is 167 g/mol. The Morgan fingerprint density at radius 3 is 2.33 bits per heavy atom. The summed E-state index contributed by atoms with van der Waals surface area (Å²) in [4.78, 5) is 10.3. The minimum atomic E-state index is -0.952. The molecular weight excluding hydrogens is 154 g/mol. The van der Waals surface area contributed by atoms with Crippen LogP contribution in [0.4, 0.5) is 5.69 Å². The lowest BCUT2D eigenvalue weighted by atomic mass is 10.2. The standard InChI is InChI=1S/C7H7NO2.C2H6/c8-6-3-1-2-5(4-6)7(9)10;1-2/h1-4H,8H2,(H,9,10);1-2H3. The Labute approximate surface area is 71.8 Å². The van der Waals surface area contributed by atoms with E-state index >= 15 is 0 Å². The van der Waals surface area contributed by atoms with Gasteiger partial charge in [0.25, 0.3) is 0 Å². The highest BCUT2D eigenvalue weighted by molar-refractivity contribution is 5.88. The number of nitrogen functional groups attached to an aromatic ring is 1. The molecule has 0 heterocycles. The summed E-state index contributed by atoms with van der Waals surface area (Å²) < 4.78 is 0. The van der Waals surface area contributed by atoms with Crippen molar-refractivity contribution in [3.8, 4) is 0 Å². The number of carboxylic acid groups (broad SMARTS) is 1. The van der Waals surface area contributed by atoms with E-state index in [0.29, 0.717) is 5.69 Å². The topological polar surface area (TPSA) is 63.3 Å². The molecule has 3 heteroatoms. The third-order valence-electron chi connectivity index (χ3n) is 1.13. The highest BCUT2D eigenvalue weighted by Gasteiger charge is 1.99. The van der Waals surface area contributed by atoms with Crippen LogP contribution in [0.2, 0.25) is 0 Å². The summed E-state index contributed by atoms with van der Waals surface area (Å²) in [5.74, 6) is -0.952. The Kier molecular flexibility index (Phi) is 4.53. The summed E-state index contributed by atoms with van der Waals surface area (Å²) >= 11 is 0. The molecule has 0 atom stereocenters. The molecule has 0 aliphatic rings. The lowest BCUT2D eigenvalue weighted by Crippen LogP contribution is -1.96. The van der Waals surface area contributed by atoms with Crippen LogP contribution in [-0.2, 0) is 0 Å². The predicted octanol–water partition coefficient (Wildman–Crippen LogP) is 1.99. The average Bonchev–Trinajstić information content (AvgIpc) is 2.08. The molecule has 0 aliphatic carbocycles. The molecule has 0 amide bonds. The second kappa shape index (κ2) is 5.18. The number of nitrogens with two attached hydrogens (primary N) is 1. The van der Waals surface area contributed by atoms with Gasteiger partial charge in [0.1, 0.15) is 0 Å². The van der Waals surface area contributed by atoms with Gasteiger partial charge in [-0.15, -0.1) is 0 Å². The van der Waals surface area contributed by atoms with Gasteiger partial charge in [-0.3, -0.25) is 0 Å². The number of carbonyl (C=O) groups is 1. The van der Waals surface area contributed by atoms with Crippen LogP contribution in [0.5, 0.6) is 0 Å². The van der Waals surface area contributed by atoms with Crippen LogP contribution in [-0.4, -0.2) is 11.1 Å². The van der Waals surface area contributed by atoms with Gasteiger partial charge in [-0.1, -0.05) is 19.9 Å². The first-order valence-electron chi connectivity index (χ1n) is 3.79. The summed E-state index contributed by atoms with van der Waals surface area (Å²) in [6, 6.07) is 6.17. The Hall–Kier alpha value is -1.51. The largest absolute Gasteiger partial charge is 0.478 e. The van der Waals surface area contributed by atoms with Crippen molar-refractivity contribution in [3.63, 3.8) is 0 Å². The molecular formula is C9H13NO2. The van der Waals surface area contributed by atoms with E-state index in [1.54, 1.807) is 12.1 Å². The molecule has 0 aromatic heterocycles. The zero-order chi connectivity index (χ0) is 9.56. The zero-order valence-electron chi connectivity index (χ0n) is 7.24. The molecule has 0 spiro atoms. The van der Waals surface area contributed by atoms with E-state index in [0.717, 1.165) is 0 Å². The SMILES string of the molecule is CC.Nc1cccc(C(=O)O)c1. The molecule has 66 valence electrons. The quantitative estimate of drug-likeness (QED) is 0.629. The number of aromatic carboxylic acids is 1. The van der Waals surface area contributed by atoms with Gasteiger partial charge < -0.3 is 10.8 Å². The van der Waals surface area contributed by atoms with Gasteiger partial charge >= 0.3 is 5.97 Å². The van der Waals surface area contributed by atoms with E-state index in [9.17, 15) is 4.79 Å². The van der Waals surface area contributed by atoms with Crippen LogP contribution >= 0.6 is 0 Å². The molecule has 0 unspecified atom stereocenters. The lowest BCUT2D eigenvalue weighted by Gasteiger charge is -1.93. The molecule has 0 bridgehead atoms. The lowest BCUT2D eigenvalue weighted by molar-refractivity contribution is 0.0697. The highest BCUT2D eigenvalue weighted by atomic mass is 16.4. The number of anilines is 1. The Morgan fingerprint density at radius 2 is 2.00 bits per heavy atom. The van der Waals surface area contributed by atoms with Crippen LogP contribution in [0.1, 0.15) is 24.2 Å². The molecule has 0 radical (unpaired) electrons. The number of rotatable bonds is 1. The fourth-order valence-corrected chi connectivity index (χ4v) is 0.672. The summed E-state index contributed by atoms with van der Waals surface area (Å²) in [6.45, 7) is 4.00. The zero-order valence-corrected chi connectivity index (χ0v) is 7.24. The summed E-state index contributed by atoms with van der Waals surface area (Å²) in [7, 11) is 0. The highest BCUT2D eigenvalue weighted by Crippen LogP contribution is 2.05. The van der Waals surface area contributed by atoms with Crippen molar-refractivity contribution in [2.24, 2.45) is 0 Å². The fraction of sp³-hybridized carbons (Fsp3) is 0.222. The minimum Gasteiger partial charge on any atom is -0.478 e. The first-order chi connectivity index (χ1) is 5.70. The van der Waals surface area contributed by atoms with Crippen molar-refractivity contribution in [3.05, 3.63) is 29.8 Å². The minimum absolute atomic E-state index is 0.222. The molecule has 0 saturated carbocycles. The second-order valence-electron chi connectivity index (χ2n) is 1.93. The maximum Gasteiger partial charge on any atom is 0.335 e. The number of benzene rings is 1. The molecule has 0 saturated heterocycles. The van der Waals surface area contributed by atoms with Gasteiger partial charge in [0.05, 0.1) is 5.56 Å². The summed E-state index contributed by atoms with van der Waals surface area (Å²) in [5, 5.41) is 8.45. The van der Waals surface area contributed by atoms with Crippen molar-refractivity contribution in [1.82, 2.24) is 0 Å². The Bertz CT molecular complexity index is 258. The van der Waals surface area contributed by atoms with Gasteiger partial charge in [0, 0.05) is 5.69 Å². The van der Waals surface area contributed by atoms with E-state index < -0.39 is 5.97 Å². The van der Waals surface area contributed by atoms with E-state index in [1.807, 2.05) is 13.8 Å². The van der Waals surface area contributed by atoms with Gasteiger partial charge in [-0.05, 0) is 18.2 Å². The van der Waals surface area contributed by atoms with Crippen molar-refractivity contribution < 1.29 is 9.90 Å². The van der Waals surface area contributed by atoms with Gasteiger partial charge in [-0.2, -0.15) is 0 Å². The molecule has 1 aromatic carbocycles. The van der Waals surface area contributed by atoms with E-state index in [2.05, 4.69) is 0 Å². The normalized spacial score (nSPS) is 8.17. The third kappa shape index (κ3) is 3.05. The van der Waals surface area contributed by atoms with Gasteiger partial charge in [0.15, 0.2) is 0 Å². The molecule has 0 fully saturated rings. The van der Waals surface area contributed by atoms with Crippen LogP contribution in [0.3, 0.4) is 0 Å². The molecule has 3 nitrogen and oxygen atoms in total. The van der Waals surface area contributed by atoms with Crippen molar-refractivity contribution in [1.29, 1.82) is 0 Å². The first kappa shape index (κ1) is 10.5. The first-order valence-corrected chi connectivity index (χ1v) is 3.79. The van der Waals surface area contributed by atoms with Crippen molar-refractivity contribution in [2.75, 3.05) is 5.73 Å². The number of hydrogen-bond donors (Lipinski definition) is 2. The Balaban J connectivity index is 0.000000561. The third-order valence-corrected chi connectivity index (χ3v) is 1.13. The van der Waals surface area contributed by atoms with Crippen molar-refractivity contribution in [2.45, 2.75) is 13.8 Å². The van der Waals surface area contributed by atoms with Crippen molar-refractivity contribution >= 4 is 11.7 Å². The van der Waals surface area contributed by atoms with E-state index in [1.165, 1.54) is 12.1 Å². The van der Waals surface area contributed by atoms with Gasteiger partial charge in [-0.25, -0.2) is 4.79 Å². The molecule has 3 N–H and O–H groups in total. The smallest absolute Gasteiger partial charge is 0.335 e. The predicted molar refractivity (Wildman–Crippen MR) is 49.2 cm³/mol. The van der Waals surface area contributed by atoms with Crippen LogP contribution in [0.25, 0.3) is 0 Å². The molecule has 1 aromatic rings. The Morgan fingerprint density at radius 1 is 1.42 bits per heavy atom. The number of hydrogen-bond acceptors (Lipinski definition) is 2. The molecule has 0 aliphatic heterocycles. The maximum absolute atomic E-state index is 10.3. The number of carboxylic acids is 1. The van der Waals surface area contributed by atoms with E-state index in [4.69, 9.17) is 10.8 Å². The summed E-state index contributed by atoms with van der Waals surface area (Å²) in [6.07, 6.45) is 0. The molecule has 1 rings (SSSR count). The van der Waals surface area contributed by atoms with Crippen LogP contribution < -0.4 is 5.73 Å². The van der Waals surface area contributed by atoms with Gasteiger partial charge in [0.2, 0.25) is 0 Å². The van der Waals surface area contributed by atoms with Crippen LogP contribution in [0.15, 0.2) is 24.3 Å². The second-order valence-corrected chi connectivity index (χ2v) is 1.93. The molecule has 12 heavy (non-hydrogen) atoms. The fourth-order valence-electron chi connectivity index (χ4n) is 0.672. The summed E-state index contributed by atoms with van der Waals surface area (Å²) in [5.41, 5.74) is 6.03. The average molecular weight is 167 g/mol. The van der Waals surface area contributed by atoms with Crippen LogP contribution in [0, 0.1) is 0 Å². The van der Waals surface area contributed by atoms with E-state index in [-0.39, 0.29) is 5.56 Å². The maximum atomic E-state index is 10.3.